The maximum atomic E-state index is 11.8. The maximum Gasteiger partial charge on any atom is 0.257 e. The van der Waals surface area contributed by atoms with Gasteiger partial charge in [0, 0.05) is 0 Å². The van der Waals surface area contributed by atoms with Crippen LogP contribution in [0.2, 0.25) is 0 Å². The predicted octanol–water partition coefficient (Wildman–Crippen LogP) is 3.47. The smallest absolute Gasteiger partial charge is 0.257 e. The summed E-state index contributed by atoms with van der Waals surface area (Å²) < 4.78 is 0.778. The standard InChI is InChI=1S/C11H8BrNO2S/c12-10-7(5-6-16-10)11(15)13-8-3-1-2-4-9(8)14/h1-6,14H,(H,13,15). The van der Waals surface area contributed by atoms with Gasteiger partial charge in [0.2, 0.25) is 0 Å². The first kappa shape index (κ1) is 11.2. The molecule has 16 heavy (non-hydrogen) atoms. The minimum absolute atomic E-state index is 0.0576. The van der Waals surface area contributed by atoms with Crippen molar-refractivity contribution in [1.82, 2.24) is 0 Å². The van der Waals surface area contributed by atoms with Gasteiger partial charge in [-0.15, -0.1) is 11.3 Å². The number of carbonyl (C=O) groups excluding carboxylic acids is 1. The van der Waals surface area contributed by atoms with Crippen LogP contribution in [0.1, 0.15) is 10.4 Å². The van der Waals surface area contributed by atoms with Crippen LogP contribution in [0.4, 0.5) is 5.69 Å². The monoisotopic (exact) mass is 297 g/mol. The van der Waals surface area contributed by atoms with Crippen LogP contribution in [0, 0.1) is 0 Å². The summed E-state index contributed by atoms with van der Waals surface area (Å²) in [6.45, 7) is 0. The van der Waals surface area contributed by atoms with Crippen LogP contribution in [-0.4, -0.2) is 11.0 Å². The van der Waals surface area contributed by atoms with Crippen molar-refractivity contribution in [2.45, 2.75) is 0 Å². The van der Waals surface area contributed by atoms with Gasteiger partial charge < -0.3 is 10.4 Å². The summed E-state index contributed by atoms with van der Waals surface area (Å²) in [4.78, 5) is 11.8. The first-order valence-corrected chi connectivity index (χ1v) is 6.18. The minimum atomic E-state index is -0.241. The Hall–Kier alpha value is -1.33. The summed E-state index contributed by atoms with van der Waals surface area (Å²) in [6, 6.07) is 8.35. The van der Waals surface area contributed by atoms with Crippen molar-refractivity contribution in [3.63, 3.8) is 0 Å². The molecule has 0 aliphatic carbocycles. The lowest BCUT2D eigenvalue weighted by molar-refractivity contribution is 0.102. The van der Waals surface area contributed by atoms with Gasteiger partial charge in [0.25, 0.3) is 5.91 Å². The number of phenolic OH excluding ortho intramolecular Hbond substituents is 1. The zero-order valence-electron chi connectivity index (χ0n) is 8.11. The van der Waals surface area contributed by atoms with Gasteiger partial charge in [0.15, 0.2) is 0 Å². The Balaban J connectivity index is 2.21. The van der Waals surface area contributed by atoms with Crippen LogP contribution >= 0.6 is 27.3 Å². The van der Waals surface area contributed by atoms with Crippen LogP contribution < -0.4 is 5.32 Å². The summed E-state index contributed by atoms with van der Waals surface area (Å²) in [6.07, 6.45) is 0. The lowest BCUT2D eigenvalue weighted by atomic mass is 10.2. The van der Waals surface area contributed by atoms with Crippen LogP contribution in [-0.2, 0) is 0 Å². The fourth-order valence-corrected chi connectivity index (χ4v) is 2.47. The van der Waals surface area contributed by atoms with Crippen LogP contribution in [0.15, 0.2) is 39.5 Å². The number of benzene rings is 1. The molecule has 0 bridgehead atoms. The maximum absolute atomic E-state index is 11.8. The van der Waals surface area contributed by atoms with Crippen molar-refractivity contribution >= 4 is 38.9 Å². The summed E-state index contributed by atoms with van der Waals surface area (Å²) >= 11 is 4.73. The van der Waals surface area contributed by atoms with E-state index in [4.69, 9.17) is 0 Å². The van der Waals surface area contributed by atoms with E-state index in [9.17, 15) is 9.90 Å². The number of carbonyl (C=O) groups is 1. The summed E-state index contributed by atoms with van der Waals surface area (Å²) in [5.74, 6) is -0.183. The normalized spacial score (nSPS) is 10.1. The van der Waals surface area contributed by atoms with Crippen LogP contribution in [0.25, 0.3) is 0 Å². The number of hydrogen-bond acceptors (Lipinski definition) is 3. The highest BCUT2D eigenvalue weighted by Crippen LogP contribution is 2.26. The largest absolute Gasteiger partial charge is 0.506 e. The average molecular weight is 298 g/mol. The third kappa shape index (κ3) is 2.25. The Labute approximate surface area is 105 Å². The lowest BCUT2D eigenvalue weighted by Crippen LogP contribution is -2.11. The molecule has 2 rings (SSSR count). The van der Waals surface area contributed by atoms with Gasteiger partial charge in [0.1, 0.15) is 5.75 Å². The number of aromatic hydroxyl groups is 1. The molecule has 0 spiro atoms. The highest BCUT2D eigenvalue weighted by atomic mass is 79.9. The number of thiophene rings is 1. The Bertz CT molecular complexity index is 524. The number of amides is 1. The predicted molar refractivity (Wildman–Crippen MR) is 68.1 cm³/mol. The molecule has 0 aliphatic rings. The summed E-state index contributed by atoms with van der Waals surface area (Å²) in [5.41, 5.74) is 0.971. The van der Waals surface area contributed by atoms with E-state index in [0.29, 0.717) is 11.3 Å². The van der Waals surface area contributed by atoms with E-state index in [1.54, 1.807) is 24.3 Å². The second-order valence-electron chi connectivity index (χ2n) is 3.08. The van der Waals surface area contributed by atoms with Crippen molar-refractivity contribution in [1.29, 1.82) is 0 Å². The van der Waals surface area contributed by atoms with E-state index in [1.165, 1.54) is 17.4 Å². The molecule has 5 heteroatoms. The number of rotatable bonds is 2. The molecule has 0 fully saturated rings. The molecule has 0 unspecified atom stereocenters. The fourth-order valence-electron chi connectivity index (χ4n) is 1.22. The number of para-hydroxylation sites is 2. The molecule has 0 saturated heterocycles. The minimum Gasteiger partial charge on any atom is -0.506 e. The topological polar surface area (TPSA) is 49.3 Å². The number of phenols is 1. The number of nitrogens with one attached hydrogen (secondary N) is 1. The molecule has 0 atom stereocenters. The Kier molecular flexibility index (Phi) is 3.26. The lowest BCUT2D eigenvalue weighted by Gasteiger charge is -2.05. The SMILES string of the molecule is O=C(Nc1ccccc1O)c1ccsc1Br. The van der Waals surface area contributed by atoms with Crippen molar-refractivity contribution in [3.8, 4) is 5.75 Å². The van der Waals surface area contributed by atoms with Crippen LogP contribution in [0.3, 0.4) is 0 Å². The number of anilines is 1. The molecule has 3 nitrogen and oxygen atoms in total. The highest BCUT2D eigenvalue weighted by molar-refractivity contribution is 9.11. The Morgan fingerprint density at radius 3 is 2.69 bits per heavy atom. The average Bonchev–Trinajstić information content (AvgIpc) is 2.68. The van der Waals surface area contributed by atoms with Crippen LogP contribution in [0.5, 0.6) is 5.75 Å². The first-order chi connectivity index (χ1) is 7.68. The quantitative estimate of drug-likeness (QED) is 0.834. The molecule has 0 radical (unpaired) electrons. The molecule has 1 aromatic carbocycles. The molecule has 0 aliphatic heterocycles. The van der Waals surface area contributed by atoms with E-state index in [-0.39, 0.29) is 11.7 Å². The molecular formula is C11H8BrNO2S. The van der Waals surface area contributed by atoms with E-state index in [0.717, 1.165) is 3.79 Å². The van der Waals surface area contributed by atoms with Crippen molar-refractivity contribution < 1.29 is 9.90 Å². The first-order valence-electron chi connectivity index (χ1n) is 4.51. The van der Waals surface area contributed by atoms with E-state index in [1.807, 2.05) is 5.38 Å². The third-order valence-corrected chi connectivity index (χ3v) is 3.70. The summed E-state index contributed by atoms with van der Waals surface area (Å²) in [5, 5.41) is 14.0. The Morgan fingerprint density at radius 2 is 2.06 bits per heavy atom. The zero-order chi connectivity index (χ0) is 11.5. The molecule has 82 valence electrons. The molecule has 1 amide bonds. The number of hydrogen-bond donors (Lipinski definition) is 2. The van der Waals surface area contributed by atoms with Gasteiger partial charge >= 0.3 is 0 Å². The van der Waals surface area contributed by atoms with Gasteiger partial charge in [-0.2, -0.15) is 0 Å². The van der Waals surface area contributed by atoms with Gasteiger partial charge in [-0.1, -0.05) is 12.1 Å². The molecule has 1 heterocycles. The molecule has 2 N–H and O–H groups in total. The second kappa shape index (κ2) is 4.67. The number of halogens is 1. The van der Waals surface area contributed by atoms with Crippen molar-refractivity contribution in [2.75, 3.05) is 5.32 Å². The van der Waals surface area contributed by atoms with Gasteiger partial charge in [0.05, 0.1) is 15.0 Å². The van der Waals surface area contributed by atoms with E-state index in [2.05, 4.69) is 21.2 Å². The third-order valence-electron chi connectivity index (χ3n) is 2.01. The molecular weight excluding hydrogens is 290 g/mol. The van der Waals surface area contributed by atoms with Crippen molar-refractivity contribution in [3.05, 3.63) is 45.1 Å². The second-order valence-corrected chi connectivity index (χ2v) is 5.31. The zero-order valence-corrected chi connectivity index (χ0v) is 10.5. The van der Waals surface area contributed by atoms with E-state index >= 15 is 0 Å². The van der Waals surface area contributed by atoms with Crippen molar-refractivity contribution in [2.24, 2.45) is 0 Å². The molecule has 2 aromatic rings. The van der Waals surface area contributed by atoms with Gasteiger partial charge in [-0.05, 0) is 39.5 Å². The fraction of sp³-hybridized carbons (Fsp3) is 0. The highest BCUT2D eigenvalue weighted by Gasteiger charge is 2.12. The molecule has 0 saturated carbocycles. The summed E-state index contributed by atoms with van der Waals surface area (Å²) in [7, 11) is 0. The van der Waals surface area contributed by atoms with Gasteiger partial charge in [-0.25, -0.2) is 0 Å². The Morgan fingerprint density at radius 1 is 1.31 bits per heavy atom. The molecule has 1 aromatic heterocycles. The van der Waals surface area contributed by atoms with E-state index < -0.39 is 0 Å². The van der Waals surface area contributed by atoms with Gasteiger partial charge in [-0.3, -0.25) is 4.79 Å².